The largest absolute Gasteiger partial charge is 0.496 e. The molecular weight excluding hydrogens is 370 g/mol. The molecule has 0 radical (unpaired) electrons. The molecule has 0 spiro atoms. The fraction of sp³-hybridized carbons (Fsp3) is 0.222. The molecule has 0 unspecified atom stereocenters. The SMILES string of the molecule is CCNC(=O)c1cc(S(=O)(=O)N2CC(=O)Nc3ccccc32)ccc1OC. The van der Waals surface area contributed by atoms with Crippen molar-refractivity contribution < 1.29 is 22.7 Å². The van der Waals surface area contributed by atoms with Gasteiger partial charge >= 0.3 is 0 Å². The van der Waals surface area contributed by atoms with Crippen molar-refractivity contribution in [1.29, 1.82) is 0 Å². The summed E-state index contributed by atoms with van der Waals surface area (Å²) in [6, 6.07) is 10.7. The summed E-state index contributed by atoms with van der Waals surface area (Å²) in [6.45, 7) is 1.80. The number of sulfonamides is 1. The quantitative estimate of drug-likeness (QED) is 0.808. The molecule has 9 heteroatoms. The fourth-order valence-corrected chi connectivity index (χ4v) is 4.29. The summed E-state index contributed by atoms with van der Waals surface area (Å²) in [5.41, 5.74) is 0.887. The number of anilines is 2. The van der Waals surface area contributed by atoms with Gasteiger partial charge in [-0.2, -0.15) is 0 Å². The normalized spacial score (nSPS) is 13.6. The van der Waals surface area contributed by atoms with Crippen LogP contribution in [0.4, 0.5) is 11.4 Å². The topological polar surface area (TPSA) is 105 Å². The van der Waals surface area contributed by atoms with Crippen LogP contribution in [0.2, 0.25) is 0 Å². The van der Waals surface area contributed by atoms with Crippen LogP contribution >= 0.6 is 0 Å². The van der Waals surface area contributed by atoms with Gasteiger partial charge < -0.3 is 15.4 Å². The van der Waals surface area contributed by atoms with Gasteiger partial charge in [-0.3, -0.25) is 13.9 Å². The van der Waals surface area contributed by atoms with E-state index < -0.39 is 21.8 Å². The molecule has 0 saturated heterocycles. The first-order chi connectivity index (χ1) is 12.9. The van der Waals surface area contributed by atoms with Crippen molar-refractivity contribution >= 4 is 33.2 Å². The van der Waals surface area contributed by atoms with Gasteiger partial charge in [-0.1, -0.05) is 12.1 Å². The molecule has 3 rings (SSSR count). The molecule has 2 N–H and O–H groups in total. The Morgan fingerprint density at radius 2 is 2.00 bits per heavy atom. The molecule has 1 heterocycles. The Labute approximate surface area is 157 Å². The summed E-state index contributed by atoms with van der Waals surface area (Å²) < 4.78 is 32.6. The number of hydrogen-bond donors (Lipinski definition) is 2. The van der Waals surface area contributed by atoms with E-state index in [1.54, 1.807) is 31.2 Å². The van der Waals surface area contributed by atoms with E-state index >= 15 is 0 Å². The first-order valence-corrected chi connectivity index (χ1v) is 9.70. The highest BCUT2D eigenvalue weighted by molar-refractivity contribution is 7.92. The third-order valence-electron chi connectivity index (χ3n) is 4.07. The van der Waals surface area contributed by atoms with Crippen LogP contribution in [0.25, 0.3) is 0 Å². The third kappa shape index (κ3) is 3.45. The van der Waals surface area contributed by atoms with Gasteiger partial charge in [-0.25, -0.2) is 8.42 Å². The number of amides is 2. The second-order valence-corrected chi connectivity index (χ2v) is 7.66. The van der Waals surface area contributed by atoms with Gasteiger partial charge in [-0.05, 0) is 37.3 Å². The van der Waals surface area contributed by atoms with Crippen molar-refractivity contribution in [1.82, 2.24) is 5.32 Å². The Hall–Kier alpha value is -3.07. The van der Waals surface area contributed by atoms with Crippen molar-refractivity contribution in [3.63, 3.8) is 0 Å². The van der Waals surface area contributed by atoms with Gasteiger partial charge in [0.05, 0.1) is 28.9 Å². The maximum absolute atomic E-state index is 13.2. The van der Waals surface area contributed by atoms with E-state index in [0.29, 0.717) is 17.9 Å². The molecule has 2 amide bonds. The first-order valence-electron chi connectivity index (χ1n) is 8.26. The molecule has 1 aliphatic rings. The zero-order valence-electron chi connectivity index (χ0n) is 14.9. The molecule has 0 aliphatic carbocycles. The molecule has 2 aromatic rings. The number of ether oxygens (including phenoxy) is 1. The number of nitrogens with one attached hydrogen (secondary N) is 2. The number of para-hydroxylation sites is 2. The zero-order chi connectivity index (χ0) is 19.6. The number of nitrogens with zero attached hydrogens (tertiary/aromatic N) is 1. The van der Waals surface area contributed by atoms with Gasteiger partial charge in [0, 0.05) is 6.54 Å². The van der Waals surface area contributed by atoms with Crippen LogP contribution in [-0.4, -0.2) is 40.4 Å². The van der Waals surface area contributed by atoms with Crippen LogP contribution < -0.4 is 19.7 Å². The minimum Gasteiger partial charge on any atom is -0.496 e. The van der Waals surface area contributed by atoms with Gasteiger partial charge in [0.2, 0.25) is 5.91 Å². The van der Waals surface area contributed by atoms with Gasteiger partial charge in [0.15, 0.2) is 0 Å². The average Bonchev–Trinajstić information content (AvgIpc) is 2.66. The number of benzene rings is 2. The van der Waals surface area contributed by atoms with Crippen molar-refractivity contribution in [3.8, 4) is 5.75 Å². The van der Waals surface area contributed by atoms with Crippen LogP contribution in [0.15, 0.2) is 47.4 Å². The molecule has 142 valence electrons. The van der Waals surface area contributed by atoms with Crippen molar-refractivity contribution in [2.75, 3.05) is 29.8 Å². The lowest BCUT2D eigenvalue weighted by Crippen LogP contribution is -2.42. The predicted octanol–water partition coefficient (Wildman–Crippen LogP) is 1.59. The number of rotatable bonds is 5. The lowest BCUT2D eigenvalue weighted by Gasteiger charge is -2.30. The van der Waals surface area contributed by atoms with Crippen LogP contribution in [0, 0.1) is 0 Å². The van der Waals surface area contributed by atoms with Gasteiger partial charge in [0.25, 0.3) is 15.9 Å². The van der Waals surface area contributed by atoms with Crippen molar-refractivity contribution in [2.45, 2.75) is 11.8 Å². The summed E-state index contributed by atoms with van der Waals surface area (Å²) in [6.07, 6.45) is 0. The first kappa shape index (κ1) is 18.7. The lowest BCUT2D eigenvalue weighted by molar-refractivity contribution is -0.115. The van der Waals surface area contributed by atoms with E-state index in [-0.39, 0.29) is 22.8 Å². The van der Waals surface area contributed by atoms with Crippen molar-refractivity contribution in [2.24, 2.45) is 0 Å². The molecule has 0 atom stereocenters. The highest BCUT2D eigenvalue weighted by Gasteiger charge is 2.33. The number of fused-ring (bicyclic) bond motifs is 1. The van der Waals surface area contributed by atoms with Gasteiger partial charge in [0.1, 0.15) is 12.3 Å². The highest BCUT2D eigenvalue weighted by atomic mass is 32.2. The monoisotopic (exact) mass is 389 g/mol. The smallest absolute Gasteiger partial charge is 0.264 e. The Kier molecular flexibility index (Phi) is 5.04. The summed E-state index contributed by atoms with van der Waals surface area (Å²) in [5.74, 6) is -0.616. The van der Waals surface area contributed by atoms with Crippen LogP contribution in [0.3, 0.4) is 0 Å². The second-order valence-electron chi connectivity index (χ2n) is 5.80. The molecule has 0 bridgehead atoms. The standard InChI is InChI=1S/C18H19N3O5S/c1-3-19-18(23)13-10-12(8-9-16(13)26-2)27(24,25)21-11-17(22)20-14-6-4-5-7-15(14)21/h4-10H,3,11H2,1-2H3,(H,19,23)(H,20,22). The number of hydrogen-bond acceptors (Lipinski definition) is 5. The molecular formula is C18H19N3O5S. The average molecular weight is 389 g/mol. The highest BCUT2D eigenvalue weighted by Crippen LogP contribution is 2.34. The molecule has 0 aromatic heterocycles. The Balaban J connectivity index is 2.09. The number of methoxy groups -OCH3 is 1. The second kappa shape index (κ2) is 7.28. The summed E-state index contributed by atoms with van der Waals surface area (Å²) in [5, 5.41) is 5.27. The van der Waals surface area contributed by atoms with E-state index in [2.05, 4.69) is 10.6 Å². The zero-order valence-corrected chi connectivity index (χ0v) is 15.7. The van der Waals surface area contributed by atoms with E-state index in [9.17, 15) is 18.0 Å². The minimum absolute atomic E-state index is 0.103. The Bertz CT molecular complexity index is 1000. The van der Waals surface area contributed by atoms with E-state index in [4.69, 9.17) is 4.74 Å². The predicted molar refractivity (Wildman–Crippen MR) is 101 cm³/mol. The maximum atomic E-state index is 13.2. The Morgan fingerprint density at radius 3 is 2.70 bits per heavy atom. The summed E-state index contributed by atoms with van der Waals surface area (Å²) in [4.78, 5) is 24.1. The number of carbonyl (C=O) groups excluding carboxylic acids is 2. The van der Waals surface area contributed by atoms with Crippen LogP contribution in [0.5, 0.6) is 5.75 Å². The maximum Gasteiger partial charge on any atom is 0.264 e. The number of carbonyl (C=O) groups is 2. The van der Waals surface area contributed by atoms with Crippen LogP contribution in [0.1, 0.15) is 17.3 Å². The minimum atomic E-state index is -4.07. The molecule has 1 aliphatic heterocycles. The van der Waals surface area contributed by atoms with E-state index in [0.717, 1.165) is 4.31 Å². The Morgan fingerprint density at radius 1 is 1.26 bits per heavy atom. The van der Waals surface area contributed by atoms with E-state index in [1.165, 1.54) is 25.3 Å². The molecule has 27 heavy (non-hydrogen) atoms. The van der Waals surface area contributed by atoms with Gasteiger partial charge in [-0.15, -0.1) is 0 Å². The molecule has 0 saturated carbocycles. The summed E-state index contributed by atoms with van der Waals surface area (Å²) >= 11 is 0. The fourth-order valence-electron chi connectivity index (χ4n) is 2.82. The van der Waals surface area contributed by atoms with Crippen molar-refractivity contribution in [3.05, 3.63) is 48.0 Å². The molecule has 2 aromatic carbocycles. The molecule has 0 fully saturated rings. The third-order valence-corrected chi connectivity index (χ3v) is 5.83. The lowest BCUT2D eigenvalue weighted by atomic mass is 10.2. The summed E-state index contributed by atoms with van der Waals surface area (Å²) in [7, 11) is -2.67. The van der Waals surface area contributed by atoms with E-state index in [1.807, 2.05) is 0 Å². The van der Waals surface area contributed by atoms with Crippen LogP contribution in [-0.2, 0) is 14.8 Å². The molecule has 8 nitrogen and oxygen atoms in total.